The van der Waals surface area contributed by atoms with Crippen LogP contribution in [0.3, 0.4) is 0 Å². The molecular weight excluding hydrogens is 447 g/mol. The van der Waals surface area contributed by atoms with Crippen LogP contribution in [0, 0.1) is 13.8 Å². The van der Waals surface area contributed by atoms with Gasteiger partial charge in [0, 0.05) is 11.8 Å². The standard InChI is InChI=1S/C24H20Cl2N4O2/c1-13-4-7-17(8-5-13)30-24-21(14(2)28-30)22(15-6-9-20(32-3)19(31)10-15)29-12-16(25)11-18(26)23(29)27-24/h4-12,22,31H,1-3H3. The summed E-state index contributed by atoms with van der Waals surface area (Å²) in [7, 11) is 1.52. The van der Waals surface area contributed by atoms with Crippen molar-refractivity contribution in [3.8, 4) is 17.2 Å². The highest BCUT2D eigenvalue weighted by Gasteiger charge is 2.38. The Morgan fingerprint density at radius 1 is 1.06 bits per heavy atom. The molecule has 5 rings (SSSR count). The number of aliphatic imine (C=N–C) groups is 1. The smallest absolute Gasteiger partial charge is 0.164 e. The third-order valence-electron chi connectivity index (χ3n) is 5.63. The number of ether oxygens (including phenoxy) is 1. The highest BCUT2D eigenvalue weighted by atomic mass is 35.5. The number of phenolic OH excluding ortho intramolecular Hbond substituents is 1. The number of halogens is 2. The van der Waals surface area contributed by atoms with Crippen LogP contribution in [0.2, 0.25) is 0 Å². The number of methoxy groups -OCH3 is 1. The van der Waals surface area contributed by atoms with Crippen LogP contribution in [0.5, 0.6) is 11.5 Å². The molecular formula is C24H20Cl2N4O2. The van der Waals surface area contributed by atoms with Crippen LogP contribution in [-0.2, 0) is 0 Å². The van der Waals surface area contributed by atoms with Crippen LogP contribution >= 0.6 is 23.2 Å². The molecule has 1 aromatic heterocycles. The number of hydrogen-bond donors (Lipinski definition) is 1. The van der Waals surface area contributed by atoms with Crippen LogP contribution in [0.15, 0.2) is 69.8 Å². The lowest BCUT2D eigenvalue weighted by Gasteiger charge is -2.37. The molecule has 3 aromatic rings. The number of amidine groups is 1. The fourth-order valence-electron chi connectivity index (χ4n) is 4.11. The van der Waals surface area contributed by atoms with E-state index in [1.54, 1.807) is 24.4 Å². The molecule has 162 valence electrons. The zero-order valence-corrected chi connectivity index (χ0v) is 19.2. The molecule has 0 bridgehead atoms. The molecule has 0 saturated heterocycles. The molecule has 3 heterocycles. The highest BCUT2D eigenvalue weighted by molar-refractivity contribution is 6.45. The summed E-state index contributed by atoms with van der Waals surface area (Å²) in [4.78, 5) is 6.81. The number of aromatic hydroxyl groups is 1. The van der Waals surface area contributed by atoms with Gasteiger partial charge in [0.2, 0.25) is 0 Å². The minimum atomic E-state index is -0.343. The molecule has 1 atom stereocenters. The minimum absolute atomic E-state index is 0.0490. The first kappa shape index (κ1) is 20.7. The van der Waals surface area contributed by atoms with E-state index in [0.717, 1.165) is 28.1 Å². The van der Waals surface area contributed by atoms with Gasteiger partial charge >= 0.3 is 0 Å². The molecule has 32 heavy (non-hydrogen) atoms. The van der Waals surface area contributed by atoms with Crippen molar-refractivity contribution in [2.24, 2.45) is 4.99 Å². The van der Waals surface area contributed by atoms with E-state index in [1.807, 2.05) is 53.8 Å². The largest absolute Gasteiger partial charge is 0.504 e. The summed E-state index contributed by atoms with van der Waals surface area (Å²) < 4.78 is 7.05. The quantitative estimate of drug-likeness (QED) is 0.525. The third-order valence-corrected chi connectivity index (χ3v) is 6.11. The summed E-state index contributed by atoms with van der Waals surface area (Å²) in [6, 6.07) is 13.1. The lowest BCUT2D eigenvalue weighted by atomic mass is 9.94. The van der Waals surface area contributed by atoms with Gasteiger partial charge in [-0.15, -0.1) is 0 Å². The fraction of sp³-hybridized carbons (Fsp3) is 0.167. The summed E-state index contributed by atoms with van der Waals surface area (Å²) in [6.07, 6.45) is 3.47. The van der Waals surface area contributed by atoms with Gasteiger partial charge in [0.15, 0.2) is 23.2 Å². The predicted octanol–water partition coefficient (Wildman–Crippen LogP) is 5.85. The molecule has 2 aliphatic rings. The highest BCUT2D eigenvalue weighted by Crippen LogP contribution is 2.46. The number of rotatable bonds is 3. The monoisotopic (exact) mass is 466 g/mol. The van der Waals surface area contributed by atoms with Crippen LogP contribution < -0.4 is 4.74 Å². The van der Waals surface area contributed by atoms with E-state index in [9.17, 15) is 5.11 Å². The molecule has 2 aromatic carbocycles. The Morgan fingerprint density at radius 3 is 2.50 bits per heavy atom. The summed E-state index contributed by atoms with van der Waals surface area (Å²) in [5, 5.41) is 16.2. The molecule has 0 spiro atoms. The zero-order valence-electron chi connectivity index (χ0n) is 17.7. The first-order valence-electron chi connectivity index (χ1n) is 10.0. The van der Waals surface area contributed by atoms with E-state index < -0.39 is 0 Å². The normalized spacial score (nSPS) is 17.2. The number of benzene rings is 2. The number of hydrogen-bond acceptors (Lipinski definition) is 5. The minimum Gasteiger partial charge on any atom is -0.504 e. The fourth-order valence-corrected chi connectivity index (χ4v) is 4.64. The second-order valence-electron chi connectivity index (χ2n) is 7.75. The van der Waals surface area contributed by atoms with Crippen molar-refractivity contribution < 1.29 is 9.84 Å². The Bertz CT molecular complexity index is 1320. The number of phenols is 1. The van der Waals surface area contributed by atoms with Gasteiger partial charge in [-0.3, -0.25) is 0 Å². The van der Waals surface area contributed by atoms with Crippen LogP contribution in [0.25, 0.3) is 5.69 Å². The van der Waals surface area contributed by atoms with Gasteiger partial charge in [-0.25, -0.2) is 9.67 Å². The Kier molecular flexibility index (Phi) is 4.99. The van der Waals surface area contributed by atoms with Crippen molar-refractivity contribution in [1.82, 2.24) is 14.7 Å². The van der Waals surface area contributed by atoms with E-state index in [-0.39, 0.29) is 11.8 Å². The second kappa shape index (κ2) is 7.73. The molecule has 1 unspecified atom stereocenters. The van der Waals surface area contributed by atoms with Gasteiger partial charge in [-0.2, -0.15) is 5.10 Å². The van der Waals surface area contributed by atoms with Crippen molar-refractivity contribution in [2.45, 2.75) is 19.9 Å². The van der Waals surface area contributed by atoms with Gasteiger partial charge in [0.25, 0.3) is 0 Å². The molecule has 0 radical (unpaired) electrons. The first-order valence-corrected chi connectivity index (χ1v) is 10.8. The van der Waals surface area contributed by atoms with E-state index >= 15 is 0 Å². The number of fused-ring (bicyclic) bond motifs is 2. The maximum atomic E-state index is 10.5. The van der Waals surface area contributed by atoms with Crippen molar-refractivity contribution in [3.63, 3.8) is 0 Å². The Labute approximate surface area is 195 Å². The van der Waals surface area contributed by atoms with Crippen LogP contribution in [0.1, 0.15) is 28.4 Å². The maximum absolute atomic E-state index is 10.5. The molecule has 0 saturated carbocycles. The van der Waals surface area contributed by atoms with E-state index in [1.165, 1.54) is 7.11 Å². The summed E-state index contributed by atoms with van der Waals surface area (Å²) in [5.74, 6) is 1.71. The average molecular weight is 467 g/mol. The van der Waals surface area contributed by atoms with Crippen molar-refractivity contribution in [2.75, 3.05) is 7.11 Å². The topological polar surface area (TPSA) is 62.9 Å². The number of aromatic nitrogens is 2. The number of allylic oxidation sites excluding steroid dienone is 2. The molecule has 2 aliphatic heterocycles. The molecule has 0 fully saturated rings. The van der Waals surface area contributed by atoms with Gasteiger partial charge < -0.3 is 14.7 Å². The van der Waals surface area contributed by atoms with Crippen LogP contribution in [-0.4, -0.2) is 32.7 Å². The summed E-state index contributed by atoms with van der Waals surface area (Å²) in [5.41, 5.74) is 4.62. The van der Waals surface area contributed by atoms with E-state index in [2.05, 4.69) is 0 Å². The first-order chi connectivity index (χ1) is 15.4. The second-order valence-corrected chi connectivity index (χ2v) is 8.60. The number of nitrogens with zero attached hydrogens (tertiary/aromatic N) is 4. The van der Waals surface area contributed by atoms with Gasteiger partial charge in [-0.05, 0) is 49.8 Å². The van der Waals surface area contributed by atoms with Gasteiger partial charge in [-0.1, -0.05) is 47.0 Å². The van der Waals surface area contributed by atoms with Gasteiger partial charge in [0.1, 0.15) is 0 Å². The predicted molar refractivity (Wildman–Crippen MR) is 126 cm³/mol. The maximum Gasteiger partial charge on any atom is 0.164 e. The van der Waals surface area contributed by atoms with Crippen molar-refractivity contribution >= 4 is 34.9 Å². The molecule has 0 amide bonds. The zero-order chi connectivity index (χ0) is 22.6. The SMILES string of the molecule is COc1ccc(C2c3c(C)nn(-c4ccc(C)cc4)c3N=C3C(Cl)=CC(Cl)=CN32)cc1O. The Balaban J connectivity index is 1.76. The third kappa shape index (κ3) is 3.27. The number of aryl methyl sites for hydroxylation is 2. The lowest BCUT2D eigenvalue weighted by molar-refractivity contribution is 0.371. The van der Waals surface area contributed by atoms with Crippen LogP contribution in [0.4, 0.5) is 5.82 Å². The Morgan fingerprint density at radius 2 is 1.81 bits per heavy atom. The van der Waals surface area contributed by atoms with Crippen molar-refractivity contribution in [3.05, 3.63) is 87.2 Å². The molecule has 6 nitrogen and oxygen atoms in total. The summed E-state index contributed by atoms with van der Waals surface area (Å²) >= 11 is 12.9. The van der Waals surface area contributed by atoms with Crippen molar-refractivity contribution in [1.29, 1.82) is 0 Å². The lowest BCUT2D eigenvalue weighted by Crippen LogP contribution is -2.35. The van der Waals surface area contributed by atoms with Gasteiger partial charge in [0.05, 0.1) is 34.6 Å². The Hall–Kier alpha value is -3.22. The molecule has 0 aliphatic carbocycles. The average Bonchev–Trinajstić information content (AvgIpc) is 3.09. The van der Waals surface area contributed by atoms with E-state index in [0.29, 0.717) is 27.5 Å². The molecule has 8 heteroatoms. The van der Waals surface area contributed by atoms with E-state index in [4.69, 9.17) is 38.0 Å². The molecule has 1 N–H and O–H groups in total. The summed E-state index contributed by atoms with van der Waals surface area (Å²) in [6.45, 7) is 3.99.